The van der Waals surface area contributed by atoms with Crippen LogP contribution in [-0.4, -0.2) is 25.2 Å². The van der Waals surface area contributed by atoms with Gasteiger partial charge in [0, 0.05) is 24.5 Å². The number of benzene rings is 2. The Morgan fingerprint density at radius 1 is 0.833 bits per heavy atom. The summed E-state index contributed by atoms with van der Waals surface area (Å²) in [5, 5.41) is 0. The maximum atomic E-state index is 12.0. The number of carbonyl (C=O) groups is 1. The third-order valence-electron chi connectivity index (χ3n) is 4.24. The van der Waals surface area contributed by atoms with Crippen LogP contribution in [0.5, 0.6) is 17.2 Å². The second kappa shape index (κ2) is 10.7. The minimum Gasteiger partial charge on any atom is -0.497 e. The van der Waals surface area contributed by atoms with Crippen molar-refractivity contribution in [3.8, 4) is 17.2 Å². The summed E-state index contributed by atoms with van der Waals surface area (Å²) >= 11 is 0. The van der Waals surface area contributed by atoms with Crippen LogP contribution in [-0.2, 0) is 22.7 Å². The molecule has 0 amide bonds. The van der Waals surface area contributed by atoms with E-state index in [9.17, 15) is 4.79 Å². The number of rotatable bonds is 9. The Bertz CT molecular complexity index is 962. The molecule has 0 fully saturated rings. The zero-order valence-electron chi connectivity index (χ0n) is 16.9. The van der Waals surface area contributed by atoms with Gasteiger partial charge in [-0.25, -0.2) is 4.79 Å². The molecule has 0 saturated heterocycles. The maximum Gasteiger partial charge on any atom is 0.331 e. The monoisotopic (exact) mass is 405 g/mol. The molecule has 30 heavy (non-hydrogen) atoms. The summed E-state index contributed by atoms with van der Waals surface area (Å²) < 4.78 is 21.5. The smallest absolute Gasteiger partial charge is 0.331 e. The van der Waals surface area contributed by atoms with E-state index in [2.05, 4.69) is 4.98 Å². The second-order valence-electron chi connectivity index (χ2n) is 6.38. The number of aromatic nitrogens is 1. The van der Waals surface area contributed by atoms with Crippen LogP contribution in [0.15, 0.2) is 73.1 Å². The van der Waals surface area contributed by atoms with Crippen molar-refractivity contribution >= 4 is 12.0 Å². The summed E-state index contributed by atoms with van der Waals surface area (Å²) in [5.74, 6) is 1.60. The molecule has 0 atom stereocenters. The third-order valence-corrected chi connectivity index (χ3v) is 4.24. The number of hydrogen-bond acceptors (Lipinski definition) is 6. The highest BCUT2D eigenvalue weighted by molar-refractivity contribution is 5.87. The minimum atomic E-state index is -0.435. The molecular formula is C24H23NO5. The highest BCUT2D eigenvalue weighted by atomic mass is 16.5. The molecule has 0 aliphatic carbocycles. The first kappa shape index (κ1) is 20.9. The number of ether oxygens (including phenoxy) is 4. The fourth-order valence-electron chi connectivity index (χ4n) is 2.62. The molecule has 154 valence electrons. The molecule has 3 aromatic rings. The maximum absolute atomic E-state index is 12.0. The summed E-state index contributed by atoms with van der Waals surface area (Å²) in [6, 6.07) is 16.6. The first-order valence-corrected chi connectivity index (χ1v) is 9.35. The Morgan fingerprint density at radius 3 is 2.10 bits per heavy atom. The van der Waals surface area contributed by atoms with Gasteiger partial charge in [-0.1, -0.05) is 12.1 Å². The van der Waals surface area contributed by atoms with Gasteiger partial charge in [-0.3, -0.25) is 4.98 Å². The van der Waals surface area contributed by atoms with Crippen molar-refractivity contribution in [2.45, 2.75) is 13.2 Å². The van der Waals surface area contributed by atoms with Crippen LogP contribution < -0.4 is 14.2 Å². The molecule has 0 bridgehead atoms. The summed E-state index contributed by atoms with van der Waals surface area (Å²) in [6.45, 7) is 0.645. The molecule has 0 unspecified atom stereocenters. The van der Waals surface area contributed by atoms with Crippen molar-refractivity contribution in [1.82, 2.24) is 4.98 Å². The third kappa shape index (κ3) is 6.38. The molecule has 0 aliphatic rings. The van der Waals surface area contributed by atoms with Crippen molar-refractivity contribution < 1.29 is 23.7 Å². The molecule has 0 saturated carbocycles. The number of hydrogen-bond donors (Lipinski definition) is 0. The van der Waals surface area contributed by atoms with Crippen molar-refractivity contribution in [2.24, 2.45) is 0 Å². The van der Waals surface area contributed by atoms with E-state index in [-0.39, 0.29) is 6.61 Å². The molecule has 0 N–H and O–H groups in total. The van der Waals surface area contributed by atoms with Crippen LogP contribution in [0.1, 0.15) is 16.7 Å². The number of methoxy groups -OCH3 is 2. The molecule has 1 aromatic heterocycles. The van der Waals surface area contributed by atoms with Gasteiger partial charge in [-0.05, 0) is 59.2 Å². The highest BCUT2D eigenvalue weighted by Gasteiger charge is 2.03. The van der Waals surface area contributed by atoms with E-state index < -0.39 is 5.97 Å². The lowest BCUT2D eigenvalue weighted by Crippen LogP contribution is -2.01. The van der Waals surface area contributed by atoms with Gasteiger partial charge in [-0.15, -0.1) is 0 Å². The predicted molar refractivity (Wildman–Crippen MR) is 113 cm³/mol. The molecular weight excluding hydrogens is 382 g/mol. The SMILES string of the molecule is COc1cc(/C=C/C(=O)OCc2ccc(OCc3ccncc3)cc2)cc(OC)c1. The van der Waals surface area contributed by atoms with Crippen molar-refractivity contribution in [2.75, 3.05) is 14.2 Å². The summed E-state index contributed by atoms with van der Waals surface area (Å²) in [7, 11) is 3.15. The van der Waals surface area contributed by atoms with Gasteiger partial charge < -0.3 is 18.9 Å². The van der Waals surface area contributed by atoms with Crippen LogP contribution in [0.3, 0.4) is 0 Å². The van der Waals surface area contributed by atoms with E-state index in [0.29, 0.717) is 18.1 Å². The fraction of sp³-hybridized carbons (Fsp3) is 0.167. The Kier molecular flexibility index (Phi) is 7.44. The average Bonchev–Trinajstić information content (AvgIpc) is 2.81. The van der Waals surface area contributed by atoms with Gasteiger partial charge in [0.25, 0.3) is 0 Å². The van der Waals surface area contributed by atoms with Crippen molar-refractivity contribution in [3.63, 3.8) is 0 Å². The topological polar surface area (TPSA) is 66.9 Å². The Labute approximate surface area is 175 Å². The van der Waals surface area contributed by atoms with Gasteiger partial charge in [0.05, 0.1) is 14.2 Å². The Hall–Kier alpha value is -3.80. The number of pyridine rings is 1. The van der Waals surface area contributed by atoms with Gasteiger partial charge in [-0.2, -0.15) is 0 Å². The van der Waals surface area contributed by atoms with Gasteiger partial charge in [0.15, 0.2) is 0 Å². The van der Waals surface area contributed by atoms with Crippen LogP contribution in [0, 0.1) is 0 Å². The lowest BCUT2D eigenvalue weighted by molar-refractivity contribution is -0.138. The normalized spacial score (nSPS) is 10.6. The fourth-order valence-corrected chi connectivity index (χ4v) is 2.62. The van der Waals surface area contributed by atoms with Crippen LogP contribution >= 0.6 is 0 Å². The number of esters is 1. The lowest BCUT2D eigenvalue weighted by Gasteiger charge is -2.07. The zero-order valence-corrected chi connectivity index (χ0v) is 16.9. The van der Waals surface area contributed by atoms with E-state index in [0.717, 1.165) is 22.4 Å². The first-order chi connectivity index (χ1) is 14.7. The van der Waals surface area contributed by atoms with Crippen LogP contribution in [0.2, 0.25) is 0 Å². The standard InChI is InChI=1S/C24H23NO5/c1-27-22-13-20(14-23(15-22)28-2)5-8-24(26)30-17-18-3-6-21(7-4-18)29-16-19-9-11-25-12-10-19/h3-15H,16-17H2,1-2H3/b8-5+. The van der Waals surface area contributed by atoms with Crippen molar-refractivity contribution in [3.05, 3.63) is 89.8 Å². The van der Waals surface area contributed by atoms with Gasteiger partial charge in [0.1, 0.15) is 30.5 Å². The van der Waals surface area contributed by atoms with Crippen LogP contribution in [0.25, 0.3) is 6.08 Å². The molecule has 6 heteroatoms. The Balaban J connectivity index is 1.49. The Morgan fingerprint density at radius 2 is 1.47 bits per heavy atom. The highest BCUT2D eigenvalue weighted by Crippen LogP contribution is 2.23. The molecule has 0 spiro atoms. The van der Waals surface area contributed by atoms with E-state index >= 15 is 0 Å². The lowest BCUT2D eigenvalue weighted by atomic mass is 10.2. The van der Waals surface area contributed by atoms with E-state index in [1.165, 1.54) is 6.08 Å². The number of nitrogens with zero attached hydrogens (tertiary/aromatic N) is 1. The zero-order chi connectivity index (χ0) is 21.2. The summed E-state index contributed by atoms with van der Waals surface area (Å²) in [5.41, 5.74) is 2.69. The van der Waals surface area contributed by atoms with E-state index in [4.69, 9.17) is 18.9 Å². The molecule has 6 nitrogen and oxygen atoms in total. The summed E-state index contributed by atoms with van der Waals surface area (Å²) in [6.07, 6.45) is 6.49. The second-order valence-corrected chi connectivity index (χ2v) is 6.38. The minimum absolute atomic E-state index is 0.176. The van der Waals surface area contributed by atoms with Gasteiger partial charge >= 0.3 is 5.97 Å². The predicted octanol–water partition coefficient (Wildman–Crippen LogP) is 4.43. The van der Waals surface area contributed by atoms with E-state index in [1.54, 1.807) is 50.9 Å². The van der Waals surface area contributed by atoms with Crippen LogP contribution in [0.4, 0.5) is 0 Å². The van der Waals surface area contributed by atoms with Gasteiger partial charge in [0.2, 0.25) is 0 Å². The molecule has 0 aliphatic heterocycles. The number of carbonyl (C=O) groups excluding carboxylic acids is 1. The first-order valence-electron chi connectivity index (χ1n) is 9.35. The molecule has 3 rings (SSSR count). The quantitative estimate of drug-likeness (QED) is 0.387. The molecule has 0 radical (unpaired) electrons. The molecule has 2 aromatic carbocycles. The average molecular weight is 405 g/mol. The van der Waals surface area contributed by atoms with Crippen molar-refractivity contribution in [1.29, 1.82) is 0 Å². The summed E-state index contributed by atoms with van der Waals surface area (Å²) in [4.78, 5) is 16.0. The molecule has 1 heterocycles. The van der Waals surface area contributed by atoms with E-state index in [1.807, 2.05) is 36.4 Å². The largest absolute Gasteiger partial charge is 0.497 e.